The Balaban J connectivity index is 1.57. The predicted molar refractivity (Wildman–Crippen MR) is 99.9 cm³/mol. The van der Waals surface area contributed by atoms with Gasteiger partial charge in [0, 0.05) is 37.9 Å². The quantitative estimate of drug-likeness (QED) is 0.839. The Labute approximate surface area is 146 Å². The van der Waals surface area contributed by atoms with Crippen LogP contribution < -0.4 is 10.2 Å². The zero-order valence-electron chi connectivity index (χ0n) is 13.6. The first-order chi connectivity index (χ1) is 11.1. The number of para-hydroxylation sites is 1. The Kier molecular flexibility index (Phi) is 5.30. The molecule has 0 bridgehead atoms. The van der Waals surface area contributed by atoms with E-state index in [1.54, 1.807) is 11.3 Å². The van der Waals surface area contributed by atoms with Gasteiger partial charge in [0.2, 0.25) is 5.13 Å². The molecule has 0 unspecified atom stereocenters. The molecule has 2 aromatic rings. The van der Waals surface area contributed by atoms with Crippen molar-refractivity contribution >= 4 is 34.4 Å². The molecule has 1 saturated heterocycles. The van der Waals surface area contributed by atoms with Crippen LogP contribution in [0, 0.1) is 3.95 Å². The molecule has 7 heteroatoms. The average Bonchev–Trinajstić information content (AvgIpc) is 2.87. The second-order valence-electron chi connectivity index (χ2n) is 6.05. The molecule has 1 N–H and O–H groups in total. The van der Waals surface area contributed by atoms with Crippen molar-refractivity contribution in [3.8, 4) is 0 Å². The largest absolute Gasteiger partial charge is 0.369 e. The smallest absolute Gasteiger partial charge is 0.204 e. The van der Waals surface area contributed by atoms with Crippen molar-refractivity contribution in [3.05, 3.63) is 34.3 Å². The molecule has 0 saturated carbocycles. The van der Waals surface area contributed by atoms with Crippen molar-refractivity contribution in [1.29, 1.82) is 0 Å². The maximum Gasteiger partial charge on any atom is 0.204 e. The van der Waals surface area contributed by atoms with E-state index in [1.807, 2.05) is 4.68 Å². The van der Waals surface area contributed by atoms with Crippen molar-refractivity contribution in [2.75, 3.05) is 36.4 Å². The second kappa shape index (κ2) is 7.42. The highest BCUT2D eigenvalue weighted by molar-refractivity contribution is 7.73. The average molecular weight is 350 g/mol. The van der Waals surface area contributed by atoms with Crippen LogP contribution in [0.25, 0.3) is 0 Å². The van der Waals surface area contributed by atoms with Crippen LogP contribution in [0.15, 0.2) is 30.3 Å². The van der Waals surface area contributed by atoms with Gasteiger partial charge in [-0.1, -0.05) is 29.5 Å². The zero-order chi connectivity index (χ0) is 16.2. The summed E-state index contributed by atoms with van der Waals surface area (Å²) in [6.07, 6.45) is 0. The molecule has 0 radical (unpaired) electrons. The number of hydrogen-bond acceptors (Lipinski definition) is 6. The van der Waals surface area contributed by atoms with E-state index < -0.39 is 0 Å². The van der Waals surface area contributed by atoms with Gasteiger partial charge in [-0.05, 0) is 38.2 Å². The summed E-state index contributed by atoms with van der Waals surface area (Å²) in [4.78, 5) is 4.84. The molecule has 1 aromatic carbocycles. The Morgan fingerprint density at radius 3 is 2.52 bits per heavy atom. The van der Waals surface area contributed by atoms with Gasteiger partial charge in [0.15, 0.2) is 3.95 Å². The molecule has 23 heavy (non-hydrogen) atoms. The first-order valence-electron chi connectivity index (χ1n) is 7.98. The topological polar surface area (TPSA) is 36.3 Å². The van der Waals surface area contributed by atoms with E-state index >= 15 is 0 Å². The van der Waals surface area contributed by atoms with Crippen LogP contribution in [0.1, 0.15) is 13.8 Å². The van der Waals surface area contributed by atoms with Gasteiger partial charge in [-0.2, -0.15) is 0 Å². The predicted octanol–water partition coefficient (Wildman–Crippen LogP) is 3.27. The van der Waals surface area contributed by atoms with Crippen LogP contribution in [0.4, 0.5) is 10.8 Å². The summed E-state index contributed by atoms with van der Waals surface area (Å²) in [6, 6.07) is 11.0. The summed E-state index contributed by atoms with van der Waals surface area (Å²) < 4.78 is 2.77. The van der Waals surface area contributed by atoms with Gasteiger partial charge in [0.1, 0.15) is 0 Å². The number of nitrogens with one attached hydrogen (secondary N) is 1. The molecule has 1 aliphatic rings. The Hall–Kier alpha value is -1.44. The summed E-state index contributed by atoms with van der Waals surface area (Å²) in [6.45, 7) is 9.13. The van der Waals surface area contributed by atoms with E-state index in [-0.39, 0.29) is 0 Å². The highest BCUT2D eigenvalue weighted by Crippen LogP contribution is 2.18. The Bertz CT molecular complexity index is 671. The zero-order valence-corrected chi connectivity index (χ0v) is 15.2. The van der Waals surface area contributed by atoms with E-state index in [0.29, 0.717) is 6.04 Å². The summed E-state index contributed by atoms with van der Waals surface area (Å²) in [5.74, 6) is 0. The number of aromatic nitrogens is 2. The van der Waals surface area contributed by atoms with Crippen LogP contribution in [0.2, 0.25) is 0 Å². The maximum absolute atomic E-state index is 5.44. The Morgan fingerprint density at radius 1 is 1.17 bits per heavy atom. The standard InChI is InChI=1S/C16H23N5S2/c1-13(2)17-15-18-21(16(22)23-15)12-19-8-10-20(11-9-19)14-6-4-3-5-7-14/h3-7,13H,8-12H2,1-2H3,(H,17,18). The van der Waals surface area contributed by atoms with Gasteiger partial charge in [-0.3, -0.25) is 4.90 Å². The first kappa shape index (κ1) is 16.4. The van der Waals surface area contributed by atoms with Gasteiger partial charge in [0.05, 0.1) is 6.67 Å². The lowest BCUT2D eigenvalue weighted by molar-refractivity contribution is 0.195. The van der Waals surface area contributed by atoms with Crippen molar-refractivity contribution in [3.63, 3.8) is 0 Å². The van der Waals surface area contributed by atoms with Gasteiger partial charge >= 0.3 is 0 Å². The highest BCUT2D eigenvalue weighted by atomic mass is 32.1. The molecule has 124 valence electrons. The third-order valence-electron chi connectivity index (χ3n) is 3.85. The summed E-state index contributed by atoms with van der Waals surface area (Å²) in [7, 11) is 0. The number of piperazine rings is 1. The molecule has 3 rings (SSSR count). The molecular formula is C16H23N5S2. The van der Waals surface area contributed by atoms with Crippen molar-refractivity contribution in [2.45, 2.75) is 26.6 Å². The van der Waals surface area contributed by atoms with Crippen LogP contribution in [0.3, 0.4) is 0 Å². The van der Waals surface area contributed by atoms with Crippen LogP contribution in [-0.2, 0) is 6.67 Å². The molecule has 2 heterocycles. The molecule has 0 spiro atoms. The van der Waals surface area contributed by atoms with E-state index in [1.165, 1.54) is 5.69 Å². The maximum atomic E-state index is 5.44. The number of nitrogens with zero attached hydrogens (tertiary/aromatic N) is 4. The molecule has 0 aliphatic carbocycles. The molecule has 1 aliphatic heterocycles. The van der Waals surface area contributed by atoms with Crippen LogP contribution >= 0.6 is 23.6 Å². The monoisotopic (exact) mass is 349 g/mol. The number of hydrogen-bond donors (Lipinski definition) is 1. The van der Waals surface area contributed by atoms with Crippen molar-refractivity contribution in [1.82, 2.24) is 14.7 Å². The number of rotatable bonds is 5. The third-order valence-corrected chi connectivity index (χ3v) is 5.08. The number of benzene rings is 1. The lowest BCUT2D eigenvalue weighted by Gasteiger charge is -2.35. The van der Waals surface area contributed by atoms with Crippen molar-refractivity contribution < 1.29 is 0 Å². The first-order valence-corrected chi connectivity index (χ1v) is 9.21. The van der Waals surface area contributed by atoms with E-state index in [9.17, 15) is 0 Å². The second-order valence-corrected chi connectivity index (χ2v) is 7.68. The summed E-state index contributed by atoms with van der Waals surface area (Å²) >= 11 is 6.98. The van der Waals surface area contributed by atoms with Gasteiger partial charge < -0.3 is 10.2 Å². The fraction of sp³-hybridized carbons (Fsp3) is 0.500. The molecule has 5 nitrogen and oxygen atoms in total. The minimum atomic E-state index is 0.374. The molecule has 1 aromatic heterocycles. The van der Waals surface area contributed by atoms with Gasteiger partial charge in [0.25, 0.3) is 0 Å². The third kappa shape index (κ3) is 4.31. The normalized spacial score (nSPS) is 16.0. The van der Waals surface area contributed by atoms with E-state index in [4.69, 9.17) is 12.2 Å². The number of anilines is 2. The fourth-order valence-corrected chi connectivity index (χ4v) is 3.82. The molecular weight excluding hydrogens is 326 g/mol. The van der Waals surface area contributed by atoms with Crippen molar-refractivity contribution in [2.24, 2.45) is 0 Å². The van der Waals surface area contributed by atoms with Crippen LogP contribution in [-0.4, -0.2) is 46.9 Å². The Morgan fingerprint density at radius 2 is 1.87 bits per heavy atom. The van der Waals surface area contributed by atoms with Gasteiger partial charge in [-0.25, -0.2) is 4.68 Å². The molecule has 0 atom stereocenters. The van der Waals surface area contributed by atoms with E-state index in [0.717, 1.165) is 41.9 Å². The summed E-state index contributed by atoms with van der Waals surface area (Å²) in [5, 5.41) is 8.82. The minimum absolute atomic E-state index is 0.374. The lowest BCUT2D eigenvalue weighted by Crippen LogP contribution is -2.46. The minimum Gasteiger partial charge on any atom is -0.369 e. The molecule has 0 amide bonds. The molecule has 1 fully saturated rings. The SMILES string of the molecule is CC(C)Nc1nn(CN2CCN(c3ccccc3)CC2)c(=S)s1. The highest BCUT2D eigenvalue weighted by Gasteiger charge is 2.18. The van der Waals surface area contributed by atoms with E-state index in [2.05, 4.69) is 64.4 Å². The van der Waals surface area contributed by atoms with Crippen LogP contribution in [0.5, 0.6) is 0 Å². The lowest BCUT2D eigenvalue weighted by atomic mass is 10.2. The fourth-order valence-electron chi connectivity index (χ4n) is 2.68. The van der Waals surface area contributed by atoms with Gasteiger partial charge in [-0.15, -0.1) is 5.10 Å². The summed E-state index contributed by atoms with van der Waals surface area (Å²) in [5.41, 5.74) is 1.31.